The summed E-state index contributed by atoms with van der Waals surface area (Å²) >= 11 is 3.62. The number of nitrogens with one attached hydrogen (secondary N) is 1. The van der Waals surface area contributed by atoms with Crippen LogP contribution in [0.15, 0.2) is 28.7 Å². The van der Waals surface area contributed by atoms with Gasteiger partial charge < -0.3 is 5.32 Å². The van der Waals surface area contributed by atoms with E-state index in [-0.39, 0.29) is 0 Å². The molecule has 1 aromatic carbocycles. The molecule has 0 aliphatic carbocycles. The molecular weight excluding hydrogens is 274 g/mol. The zero-order chi connectivity index (χ0) is 12.7. The Morgan fingerprint density at radius 2 is 2.00 bits per heavy atom. The van der Waals surface area contributed by atoms with Gasteiger partial charge in [0.15, 0.2) is 0 Å². The molecule has 0 aliphatic heterocycles. The maximum absolute atomic E-state index is 3.62. The maximum Gasteiger partial charge on any atom is 0.0207 e. The first kappa shape index (κ1) is 14.7. The van der Waals surface area contributed by atoms with Crippen LogP contribution in [0.3, 0.4) is 0 Å². The van der Waals surface area contributed by atoms with Crippen LogP contribution in [-0.2, 0) is 6.42 Å². The minimum absolute atomic E-state index is 0.579. The molecule has 0 saturated heterocycles. The lowest BCUT2D eigenvalue weighted by atomic mass is 9.93. The Kier molecular flexibility index (Phi) is 6.83. The van der Waals surface area contributed by atoms with Crippen molar-refractivity contribution in [2.45, 2.75) is 45.6 Å². The van der Waals surface area contributed by atoms with Gasteiger partial charge in [0, 0.05) is 10.5 Å². The van der Waals surface area contributed by atoms with E-state index in [0.717, 1.165) is 12.3 Å². The van der Waals surface area contributed by atoms with Crippen LogP contribution in [0.5, 0.6) is 0 Å². The van der Waals surface area contributed by atoms with Crippen molar-refractivity contribution in [2.24, 2.45) is 5.92 Å². The highest BCUT2D eigenvalue weighted by Gasteiger charge is 2.12. The third-order valence-corrected chi connectivity index (χ3v) is 4.07. The Hall–Kier alpha value is -0.340. The highest BCUT2D eigenvalue weighted by atomic mass is 79.9. The van der Waals surface area contributed by atoms with E-state index in [4.69, 9.17) is 0 Å². The predicted molar refractivity (Wildman–Crippen MR) is 79.4 cm³/mol. The van der Waals surface area contributed by atoms with Gasteiger partial charge in [0.05, 0.1) is 0 Å². The third kappa shape index (κ3) is 5.22. The van der Waals surface area contributed by atoms with Crippen molar-refractivity contribution in [3.8, 4) is 0 Å². The smallest absolute Gasteiger partial charge is 0.0207 e. The lowest BCUT2D eigenvalue weighted by molar-refractivity contribution is 0.397. The molecule has 1 aromatic rings. The van der Waals surface area contributed by atoms with E-state index < -0.39 is 0 Å². The quantitative estimate of drug-likeness (QED) is 0.786. The van der Waals surface area contributed by atoms with E-state index >= 15 is 0 Å². The molecule has 0 spiro atoms. The van der Waals surface area contributed by atoms with Gasteiger partial charge in [-0.15, -0.1) is 0 Å². The first-order valence-electron chi connectivity index (χ1n) is 6.58. The van der Waals surface area contributed by atoms with Crippen molar-refractivity contribution in [1.29, 1.82) is 0 Å². The highest BCUT2D eigenvalue weighted by Crippen LogP contribution is 2.20. The molecule has 0 fully saturated rings. The Balaban J connectivity index is 2.55. The number of hydrogen-bond acceptors (Lipinski definition) is 1. The molecule has 1 nitrogen and oxygen atoms in total. The molecule has 17 heavy (non-hydrogen) atoms. The fraction of sp³-hybridized carbons (Fsp3) is 0.600. The lowest BCUT2D eigenvalue weighted by Gasteiger charge is -2.21. The van der Waals surface area contributed by atoms with Crippen LogP contribution in [0.25, 0.3) is 0 Å². The topological polar surface area (TPSA) is 12.0 Å². The summed E-state index contributed by atoms with van der Waals surface area (Å²) in [7, 11) is 2.07. The molecule has 0 heterocycles. The third-order valence-electron chi connectivity index (χ3n) is 3.30. The molecule has 2 atom stereocenters. The van der Waals surface area contributed by atoms with Gasteiger partial charge >= 0.3 is 0 Å². The number of halogens is 1. The Bertz CT molecular complexity index is 324. The van der Waals surface area contributed by atoms with E-state index in [1.54, 1.807) is 0 Å². The number of likely N-dealkylation sites (N-methyl/N-ethyl adjacent to an activating group) is 1. The second-order valence-electron chi connectivity index (χ2n) is 4.91. The standard InChI is InChI=1S/C15H24BrN/c1-4-7-12(2)10-14(17-3)11-13-8-5-6-9-15(13)16/h5-6,8-9,12,14,17H,4,7,10-11H2,1-3H3. The average Bonchev–Trinajstić information content (AvgIpc) is 2.31. The van der Waals surface area contributed by atoms with Gasteiger partial charge in [0.2, 0.25) is 0 Å². The van der Waals surface area contributed by atoms with Gasteiger partial charge in [-0.2, -0.15) is 0 Å². The fourth-order valence-corrected chi connectivity index (χ4v) is 2.78. The van der Waals surface area contributed by atoms with Crippen LogP contribution < -0.4 is 5.32 Å². The lowest BCUT2D eigenvalue weighted by Crippen LogP contribution is -2.29. The summed E-state index contributed by atoms with van der Waals surface area (Å²) in [6.07, 6.45) is 4.97. The summed E-state index contributed by atoms with van der Waals surface area (Å²) < 4.78 is 1.23. The molecule has 0 aromatic heterocycles. The van der Waals surface area contributed by atoms with Crippen molar-refractivity contribution in [3.63, 3.8) is 0 Å². The van der Waals surface area contributed by atoms with Crippen LogP contribution in [-0.4, -0.2) is 13.1 Å². The minimum atomic E-state index is 0.579. The van der Waals surface area contributed by atoms with E-state index in [2.05, 4.69) is 66.4 Å². The molecule has 2 heteroatoms. The van der Waals surface area contributed by atoms with Gasteiger partial charge in [-0.05, 0) is 37.4 Å². The molecule has 0 bridgehead atoms. The van der Waals surface area contributed by atoms with Gasteiger partial charge in [-0.3, -0.25) is 0 Å². The van der Waals surface area contributed by atoms with Gasteiger partial charge in [0.25, 0.3) is 0 Å². The normalized spacial score (nSPS) is 14.6. The molecule has 96 valence electrons. The molecule has 2 unspecified atom stereocenters. The molecule has 0 radical (unpaired) electrons. The Labute approximate surface area is 114 Å². The van der Waals surface area contributed by atoms with E-state index in [9.17, 15) is 0 Å². The van der Waals surface area contributed by atoms with Crippen LogP contribution in [0, 0.1) is 5.92 Å². The molecular formula is C15H24BrN. The summed E-state index contributed by atoms with van der Waals surface area (Å²) in [5, 5.41) is 3.45. The second kappa shape index (κ2) is 7.88. The maximum atomic E-state index is 3.62. The van der Waals surface area contributed by atoms with Gasteiger partial charge in [-0.1, -0.05) is 60.8 Å². The van der Waals surface area contributed by atoms with Crippen molar-refractivity contribution in [2.75, 3.05) is 7.05 Å². The van der Waals surface area contributed by atoms with Gasteiger partial charge in [-0.25, -0.2) is 0 Å². The summed E-state index contributed by atoms with van der Waals surface area (Å²) in [5.41, 5.74) is 1.40. The van der Waals surface area contributed by atoms with Crippen LogP contribution in [0.1, 0.15) is 38.7 Å². The van der Waals surface area contributed by atoms with E-state index in [1.165, 1.54) is 29.3 Å². The molecule has 1 N–H and O–H groups in total. The van der Waals surface area contributed by atoms with E-state index in [1.807, 2.05) is 0 Å². The molecule has 0 saturated carbocycles. The van der Waals surface area contributed by atoms with Crippen LogP contribution >= 0.6 is 15.9 Å². The second-order valence-corrected chi connectivity index (χ2v) is 5.77. The van der Waals surface area contributed by atoms with Gasteiger partial charge in [0.1, 0.15) is 0 Å². The predicted octanol–water partition coefficient (Wildman–Crippen LogP) is 4.41. The molecule has 0 aliphatic rings. The van der Waals surface area contributed by atoms with Crippen LogP contribution in [0.4, 0.5) is 0 Å². The van der Waals surface area contributed by atoms with Crippen molar-refractivity contribution in [3.05, 3.63) is 34.3 Å². The summed E-state index contributed by atoms with van der Waals surface area (Å²) in [4.78, 5) is 0. The molecule has 1 rings (SSSR count). The SMILES string of the molecule is CCCC(C)CC(Cc1ccccc1Br)NC. The largest absolute Gasteiger partial charge is 0.317 e. The monoisotopic (exact) mass is 297 g/mol. The first-order valence-corrected chi connectivity index (χ1v) is 7.37. The average molecular weight is 298 g/mol. The van der Waals surface area contributed by atoms with Crippen molar-refractivity contribution >= 4 is 15.9 Å². The summed E-state index contributed by atoms with van der Waals surface area (Å²) in [6.45, 7) is 4.62. The summed E-state index contributed by atoms with van der Waals surface area (Å²) in [6, 6.07) is 9.09. The molecule has 0 amide bonds. The minimum Gasteiger partial charge on any atom is -0.317 e. The van der Waals surface area contributed by atoms with Crippen molar-refractivity contribution < 1.29 is 0 Å². The fourth-order valence-electron chi connectivity index (χ4n) is 2.33. The number of hydrogen-bond donors (Lipinski definition) is 1. The highest BCUT2D eigenvalue weighted by molar-refractivity contribution is 9.10. The summed E-state index contributed by atoms with van der Waals surface area (Å²) in [5.74, 6) is 0.805. The Morgan fingerprint density at radius 3 is 2.59 bits per heavy atom. The van der Waals surface area contributed by atoms with E-state index in [0.29, 0.717) is 6.04 Å². The zero-order valence-electron chi connectivity index (χ0n) is 11.2. The van der Waals surface area contributed by atoms with Crippen LogP contribution in [0.2, 0.25) is 0 Å². The van der Waals surface area contributed by atoms with Crippen molar-refractivity contribution in [1.82, 2.24) is 5.32 Å². The Morgan fingerprint density at radius 1 is 1.29 bits per heavy atom. The zero-order valence-corrected chi connectivity index (χ0v) is 12.8. The number of rotatable bonds is 7. The first-order chi connectivity index (χ1) is 8.17. The number of benzene rings is 1.